The van der Waals surface area contributed by atoms with Crippen LogP contribution in [0.5, 0.6) is 0 Å². The van der Waals surface area contributed by atoms with E-state index in [9.17, 15) is 22.8 Å². The Morgan fingerprint density at radius 1 is 0.938 bits per heavy atom. The molecule has 3 aromatic rings. The molecular formula is C24H23F3N2O3. The number of rotatable bonds is 5. The Hall–Kier alpha value is -3.55. The number of carbonyl (C=O) groups is 2. The number of hydrogen-bond acceptors (Lipinski definition) is 3. The maximum Gasteiger partial charge on any atom is 0.416 e. The van der Waals surface area contributed by atoms with Gasteiger partial charge in [-0.2, -0.15) is 13.2 Å². The highest BCUT2D eigenvalue weighted by Gasteiger charge is 2.37. The van der Waals surface area contributed by atoms with Crippen LogP contribution in [0.3, 0.4) is 0 Å². The number of nitrogens with one attached hydrogen (secondary N) is 1. The molecule has 0 spiro atoms. The van der Waals surface area contributed by atoms with E-state index in [4.69, 9.17) is 4.42 Å². The van der Waals surface area contributed by atoms with E-state index in [0.717, 1.165) is 17.0 Å². The zero-order valence-electron chi connectivity index (χ0n) is 17.8. The molecule has 1 unspecified atom stereocenters. The second kappa shape index (κ2) is 8.90. The molecule has 5 nitrogen and oxygen atoms in total. The van der Waals surface area contributed by atoms with E-state index in [1.54, 1.807) is 51.1 Å². The van der Waals surface area contributed by atoms with Crippen molar-refractivity contribution in [1.82, 2.24) is 5.32 Å². The van der Waals surface area contributed by atoms with Gasteiger partial charge in [-0.25, -0.2) is 0 Å². The predicted octanol–water partition coefficient (Wildman–Crippen LogP) is 5.60. The molecule has 0 saturated heterocycles. The molecule has 1 N–H and O–H groups in total. The lowest BCUT2D eigenvalue weighted by Gasteiger charge is -2.33. The molecular weight excluding hydrogens is 421 g/mol. The van der Waals surface area contributed by atoms with Crippen LogP contribution in [0.15, 0.2) is 77.4 Å². The number of furan rings is 1. The number of hydrogen-bond donors (Lipinski definition) is 1. The van der Waals surface area contributed by atoms with Crippen LogP contribution in [0.4, 0.5) is 18.9 Å². The lowest BCUT2D eigenvalue weighted by atomic mass is 10.00. The van der Waals surface area contributed by atoms with Crippen molar-refractivity contribution in [2.45, 2.75) is 38.5 Å². The van der Waals surface area contributed by atoms with Crippen molar-refractivity contribution in [2.24, 2.45) is 0 Å². The molecule has 0 bridgehead atoms. The third kappa shape index (κ3) is 5.38. The minimum absolute atomic E-state index is 0.0841. The standard InChI is InChI=1S/C24H23F3N2O3/c1-23(2,3)28-21(30)20(16-9-5-4-6-10-16)29(22(31)19-13-8-14-32-19)18-12-7-11-17(15-18)24(25,26)27/h4-15,20H,1-3H3,(H,28,30). The van der Waals surface area contributed by atoms with E-state index in [-0.39, 0.29) is 11.4 Å². The number of nitrogens with zero attached hydrogens (tertiary/aromatic N) is 1. The predicted molar refractivity (Wildman–Crippen MR) is 114 cm³/mol. The summed E-state index contributed by atoms with van der Waals surface area (Å²) in [7, 11) is 0. The van der Waals surface area contributed by atoms with Gasteiger partial charge in [0, 0.05) is 11.2 Å². The number of halogens is 3. The lowest BCUT2D eigenvalue weighted by Crippen LogP contribution is -2.49. The normalized spacial score (nSPS) is 12.8. The monoisotopic (exact) mass is 444 g/mol. The molecule has 2 aromatic carbocycles. The zero-order valence-corrected chi connectivity index (χ0v) is 17.8. The molecule has 1 aromatic heterocycles. The van der Waals surface area contributed by atoms with Crippen LogP contribution in [0.25, 0.3) is 0 Å². The number of amides is 2. The Bertz CT molecular complexity index is 1070. The van der Waals surface area contributed by atoms with E-state index in [0.29, 0.717) is 5.56 Å². The molecule has 0 aliphatic heterocycles. The first-order chi connectivity index (χ1) is 15.0. The topological polar surface area (TPSA) is 62.6 Å². The summed E-state index contributed by atoms with van der Waals surface area (Å²) >= 11 is 0. The summed E-state index contributed by atoms with van der Waals surface area (Å²) < 4.78 is 45.4. The van der Waals surface area contributed by atoms with Gasteiger partial charge >= 0.3 is 6.18 Å². The third-order valence-corrected chi connectivity index (χ3v) is 4.52. The molecule has 0 fully saturated rings. The van der Waals surface area contributed by atoms with Crippen LogP contribution in [0.1, 0.15) is 48.5 Å². The van der Waals surface area contributed by atoms with Crippen molar-refractivity contribution < 1.29 is 27.2 Å². The Morgan fingerprint density at radius 3 is 2.19 bits per heavy atom. The highest BCUT2D eigenvalue weighted by atomic mass is 19.4. The fraction of sp³-hybridized carbons (Fsp3) is 0.250. The van der Waals surface area contributed by atoms with Crippen LogP contribution in [-0.4, -0.2) is 17.4 Å². The highest BCUT2D eigenvalue weighted by molar-refractivity contribution is 6.08. The van der Waals surface area contributed by atoms with Crippen LogP contribution < -0.4 is 10.2 Å². The summed E-state index contributed by atoms with van der Waals surface area (Å²) in [6, 6.07) is 14.4. The molecule has 0 aliphatic carbocycles. The SMILES string of the molecule is CC(C)(C)NC(=O)C(c1ccccc1)N(C(=O)c1ccco1)c1cccc(C(F)(F)F)c1. The van der Waals surface area contributed by atoms with Crippen LogP contribution in [0, 0.1) is 0 Å². The van der Waals surface area contributed by atoms with Crippen LogP contribution in [0.2, 0.25) is 0 Å². The van der Waals surface area contributed by atoms with E-state index >= 15 is 0 Å². The number of benzene rings is 2. The third-order valence-electron chi connectivity index (χ3n) is 4.52. The Kier molecular flexibility index (Phi) is 6.43. The number of alkyl halides is 3. The summed E-state index contributed by atoms with van der Waals surface area (Å²) in [4.78, 5) is 27.8. The molecule has 32 heavy (non-hydrogen) atoms. The highest BCUT2D eigenvalue weighted by Crippen LogP contribution is 2.35. The lowest BCUT2D eigenvalue weighted by molar-refractivity contribution is -0.137. The Balaban J connectivity index is 2.21. The molecule has 1 heterocycles. The maximum absolute atomic E-state index is 13.4. The Morgan fingerprint density at radius 2 is 1.62 bits per heavy atom. The van der Waals surface area contributed by atoms with Gasteiger partial charge in [-0.1, -0.05) is 36.4 Å². The van der Waals surface area contributed by atoms with Gasteiger partial charge in [0.2, 0.25) is 5.91 Å². The van der Waals surface area contributed by atoms with Gasteiger partial charge in [-0.3, -0.25) is 14.5 Å². The van der Waals surface area contributed by atoms with E-state index in [1.165, 1.54) is 30.5 Å². The van der Waals surface area contributed by atoms with Gasteiger partial charge < -0.3 is 9.73 Å². The molecule has 3 rings (SSSR count). The first kappa shape index (κ1) is 23.1. The van der Waals surface area contributed by atoms with Gasteiger partial charge in [0.15, 0.2) is 5.76 Å². The molecule has 0 aliphatic rings. The molecule has 2 amide bonds. The van der Waals surface area contributed by atoms with Crippen LogP contribution >= 0.6 is 0 Å². The van der Waals surface area contributed by atoms with Gasteiger partial charge in [0.05, 0.1) is 11.8 Å². The average Bonchev–Trinajstić information content (AvgIpc) is 3.25. The van der Waals surface area contributed by atoms with Gasteiger partial charge in [-0.15, -0.1) is 0 Å². The fourth-order valence-corrected chi connectivity index (χ4v) is 3.23. The first-order valence-electron chi connectivity index (χ1n) is 9.89. The van der Waals surface area contributed by atoms with Crippen molar-refractivity contribution >= 4 is 17.5 Å². The van der Waals surface area contributed by atoms with E-state index in [1.807, 2.05) is 0 Å². The second-order valence-electron chi connectivity index (χ2n) is 8.25. The van der Waals surface area contributed by atoms with Gasteiger partial charge in [-0.05, 0) is 56.7 Å². The van der Waals surface area contributed by atoms with Crippen molar-refractivity contribution in [3.8, 4) is 0 Å². The number of anilines is 1. The molecule has 1 atom stereocenters. The first-order valence-corrected chi connectivity index (χ1v) is 9.89. The summed E-state index contributed by atoms with van der Waals surface area (Å²) in [6.07, 6.45) is -3.34. The van der Waals surface area contributed by atoms with Crippen molar-refractivity contribution in [3.05, 3.63) is 89.9 Å². The summed E-state index contributed by atoms with van der Waals surface area (Å²) in [5, 5.41) is 2.83. The van der Waals surface area contributed by atoms with Crippen LogP contribution in [-0.2, 0) is 11.0 Å². The number of carbonyl (C=O) groups excluding carboxylic acids is 2. The second-order valence-corrected chi connectivity index (χ2v) is 8.25. The van der Waals surface area contributed by atoms with E-state index < -0.39 is 35.1 Å². The Labute approximate surface area is 183 Å². The van der Waals surface area contributed by atoms with E-state index in [2.05, 4.69) is 5.32 Å². The quantitative estimate of drug-likeness (QED) is 0.557. The van der Waals surface area contributed by atoms with Crippen molar-refractivity contribution in [2.75, 3.05) is 4.90 Å². The van der Waals surface area contributed by atoms with Crippen molar-refractivity contribution in [1.29, 1.82) is 0 Å². The van der Waals surface area contributed by atoms with Gasteiger partial charge in [0.25, 0.3) is 5.91 Å². The smallest absolute Gasteiger partial charge is 0.416 e. The fourth-order valence-electron chi connectivity index (χ4n) is 3.23. The van der Waals surface area contributed by atoms with Crippen molar-refractivity contribution in [3.63, 3.8) is 0 Å². The minimum Gasteiger partial charge on any atom is -0.459 e. The molecule has 8 heteroatoms. The summed E-state index contributed by atoms with van der Waals surface area (Å²) in [5.74, 6) is -1.39. The summed E-state index contributed by atoms with van der Waals surface area (Å²) in [5.41, 5.74) is -1.22. The largest absolute Gasteiger partial charge is 0.459 e. The zero-order chi connectivity index (χ0) is 23.5. The molecule has 0 saturated carbocycles. The minimum atomic E-state index is -4.62. The average molecular weight is 444 g/mol. The maximum atomic E-state index is 13.4. The van der Waals surface area contributed by atoms with Gasteiger partial charge in [0.1, 0.15) is 6.04 Å². The molecule has 0 radical (unpaired) electrons. The summed E-state index contributed by atoms with van der Waals surface area (Å²) in [6.45, 7) is 5.32. The molecule has 168 valence electrons.